The highest BCUT2D eigenvalue weighted by Crippen LogP contribution is 2.55. The molecule has 1 nitrogen and oxygen atoms in total. The van der Waals surface area contributed by atoms with Crippen LogP contribution in [0.25, 0.3) is 76.5 Å². The van der Waals surface area contributed by atoms with E-state index in [1.54, 1.807) is 0 Å². The third-order valence-corrected chi connectivity index (χ3v) is 13.6. The van der Waals surface area contributed by atoms with Gasteiger partial charge in [0, 0.05) is 22.1 Å². The van der Waals surface area contributed by atoms with Gasteiger partial charge in [0.2, 0.25) is 0 Å². The predicted octanol–water partition coefficient (Wildman–Crippen LogP) is 15.7. The van der Waals surface area contributed by atoms with Gasteiger partial charge in [-0.3, -0.25) is 0 Å². The van der Waals surface area contributed by atoms with Gasteiger partial charge in [0.25, 0.3) is 0 Å². The van der Waals surface area contributed by atoms with Crippen molar-refractivity contribution in [2.75, 3.05) is 4.90 Å². The van der Waals surface area contributed by atoms with Gasteiger partial charge in [-0.05, 0) is 144 Å². The summed E-state index contributed by atoms with van der Waals surface area (Å²) in [5.41, 5.74) is 17.0. The summed E-state index contributed by atoms with van der Waals surface area (Å²) in [7, 11) is 0. The number of fused-ring (bicyclic) bond motifs is 6. The number of hydrogen-bond acceptors (Lipinski definition) is 1. The highest BCUT2D eigenvalue weighted by molar-refractivity contribution is 6.35. The van der Waals surface area contributed by atoms with Gasteiger partial charge in [0.1, 0.15) is 0 Å². The zero-order valence-corrected chi connectivity index (χ0v) is 33.0. The standard InChI is InChI=1S/C57H43N/c1-57(2)50-27-9-8-22-44(50)48-34-49(43-23-10-17-38-16-6-7-21-42(38)43)53(35-51(48)57)58(41-31-28-37(29-32-41)36-14-4-3-5-15-36)52-33-30-40-20-12-25-46-45-24-11-18-39-19-13-26-47(54(39)45)56(52)55(40)46/h3-5,8-15,17-20,22-35H,6-7,16,21H2,1-2H3. The average molecular weight is 742 g/mol. The van der Waals surface area contributed by atoms with Crippen molar-refractivity contribution in [1.82, 2.24) is 0 Å². The third-order valence-electron chi connectivity index (χ3n) is 13.6. The second kappa shape index (κ2) is 12.7. The summed E-state index contributed by atoms with van der Waals surface area (Å²) in [6.07, 6.45) is 4.74. The molecular weight excluding hydrogens is 699 g/mol. The number of rotatable bonds is 5. The Morgan fingerprint density at radius 1 is 0.414 bits per heavy atom. The molecule has 0 amide bonds. The van der Waals surface area contributed by atoms with Crippen LogP contribution in [0, 0.1) is 0 Å². The first-order chi connectivity index (χ1) is 28.5. The Hall–Kier alpha value is -6.70. The van der Waals surface area contributed by atoms with Crippen LogP contribution in [-0.4, -0.2) is 0 Å². The first kappa shape index (κ1) is 33.4. The molecule has 0 heterocycles. The summed E-state index contributed by atoms with van der Waals surface area (Å²) in [5.74, 6) is 0. The van der Waals surface area contributed by atoms with E-state index >= 15 is 0 Å². The lowest BCUT2D eigenvalue weighted by Crippen LogP contribution is -2.17. The van der Waals surface area contributed by atoms with E-state index in [-0.39, 0.29) is 5.41 Å². The van der Waals surface area contributed by atoms with Gasteiger partial charge in [-0.2, -0.15) is 0 Å². The van der Waals surface area contributed by atoms with Crippen LogP contribution >= 0.6 is 0 Å². The Morgan fingerprint density at radius 2 is 1.07 bits per heavy atom. The number of aryl methyl sites for hydroxylation is 1. The van der Waals surface area contributed by atoms with Crippen molar-refractivity contribution >= 4 is 60.2 Å². The summed E-state index contributed by atoms with van der Waals surface area (Å²) >= 11 is 0. The van der Waals surface area contributed by atoms with E-state index in [2.05, 4.69) is 195 Å². The molecule has 0 spiro atoms. The molecule has 10 aromatic carbocycles. The lowest BCUT2D eigenvalue weighted by atomic mass is 9.80. The van der Waals surface area contributed by atoms with E-state index in [0.717, 1.165) is 18.5 Å². The molecule has 0 radical (unpaired) electrons. The molecule has 0 unspecified atom stereocenters. The number of benzene rings is 10. The molecule has 58 heavy (non-hydrogen) atoms. The maximum atomic E-state index is 2.62. The number of anilines is 3. The first-order valence-corrected chi connectivity index (χ1v) is 21.0. The minimum atomic E-state index is -0.159. The molecule has 2 aliphatic carbocycles. The fourth-order valence-electron chi connectivity index (χ4n) is 10.8. The quantitative estimate of drug-likeness (QED) is 0.125. The van der Waals surface area contributed by atoms with Crippen molar-refractivity contribution in [3.63, 3.8) is 0 Å². The van der Waals surface area contributed by atoms with Crippen molar-refractivity contribution in [3.05, 3.63) is 198 Å². The van der Waals surface area contributed by atoms with Crippen LogP contribution in [0.2, 0.25) is 0 Å². The molecule has 0 bridgehead atoms. The van der Waals surface area contributed by atoms with Crippen LogP contribution in [0.1, 0.15) is 48.9 Å². The minimum absolute atomic E-state index is 0.159. The minimum Gasteiger partial charge on any atom is -0.309 e. The van der Waals surface area contributed by atoms with Crippen molar-refractivity contribution < 1.29 is 0 Å². The third kappa shape index (κ3) is 4.83. The molecule has 10 aromatic rings. The Kier molecular flexibility index (Phi) is 7.29. The SMILES string of the molecule is CC1(C)c2ccccc2-c2cc(-c3cccc4c3CCCC4)c(N(c3ccc(-c4ccccc4)cc3)c3ccc4cccc5c6cccc7cccc(c3c45)c76)cc21. The van der Waals surface area contributed by atoms with E-state index in [4.69, 9.17) is 0 Å². The first-order valence-electron chi connectivity index (χ1n) is 21.0. The molecule has 0 aliphatic heterocycles. The van der Waals surface area contributed by atoms with E-state index < -0.39 is 0 Å². The highest BCUT2D eigenvalue weighted by atomic mass is 15.1. The van der Waals surface area contributed by atoms with Crippen molar-refractivity contribution in [2.24, 2.45) is 0 Å². The van der Waals surface area contributed by atoms with E-state index in [0.29, 0.717) is 0 Å². The van der Waals surface area contributed by atoms with E-state index in [1.807, 2.05) is 0 Å². The van der Waals surface area contributed by atoms with Gasteiger partial charge in [-0.25, -0.2) is 0 Å². The van der Waals surface area contributed by atoms with E-state index in [9.17, 15) is 0 Å². The summed E-state index contributed by atoms with van der Waals surface area (Å²) in [6, 6.07) is 66.6. The summed E-state index contributed by atoms with van der Waals surface area (Å²) in [4.78, 5) is 2.62. The summed E-state index contributed by atoms with van der Waals surface area (Å²) in [6.45, 7) is 4.82. The van der Waals surface area contributed by atoms with Gasteiger partial charge >= 0.3 is 0 Å². The van der Waals surface area contributed by atoms with Gasteiger partial charge < -0.3 is 4.90 Å². The van der Waals surface area contributed by atoms with Crippen molar-refractivity contribution in [1.29, 1.82) is 0 Å². The van der Waals surface area contributed by atoms with Crippen LogP contribution in [0.5, 0.6) is 0 Å². The normalized spacial score (nSPS) is 14.2. The second-order valence-corrected chi connectivity index (χ2v) is 17.1. The van der Waals surface area contributed by atoms with E-state index in [1.165, 1.54) is 123 Å². The molecule has 0 saturated carbocycles. The number of nitrogens with zero attached hydrogens (tertiary/aromatic N) is 1. The lowest BCUT2D eigenvalue weighted by Gasteiger charge is -2.33. The Bertz CT molecular complexity index is 3240. The molecule has 2 aliphatic rings. The molecule has 0 aromatic heterocycles. The fraction of sp³-hybridized carbons (Fsp3) is 0.123. The van der Waals surface area contributed by atoms with Crippen LogP contribution in [0.15, 0.2) is 176 Å². The van der Waals surface area contributed by atoms with Crippen LogP contribution in [0.3, 0.4) is 0 Å². The molecule has 276 valence electrons. The van der Waals surface area contributed by atoms with Crippen molar-refractivity contribution in [2.45, 2.75) is 44.9 Å². The van der Waals surface area contributed by atoms with Gasteiger partial charge in [0.15, 0.2) is 0 Å². The zero-order valence-electron chi connectivity index (χ0n) is 33.0. The van der Waals surface area contributed by atoms with Crippen molar-refractivity contribution in [3.8, 4) is 33.4 Å². The maximum absolute atomic E-state index is 2.62. The van der Waals surface area contributed by atoms with Crippen LogP contribution < -0.4 is 4.90 Å². The molecule has 0 fully saturated rings. The Balaban J connectivity index is 1.23. The van der Waals surface area contributed by atoms with Gasteiger partial charge in [-0.15, -0.1) is 0 Å². The largest absolute Gasteiger partial charge is 0.309 e. The number of hydrogen-bond donors (Lipinski definition) is 0. The highest BCUT2D eigenvalue weighted by Gasteiger charge is 2.37. The maximum Gasteiger partial charge on any atom is 0.0547 e. The van der Waals surface area contributed by atoms with Gasteiger partial charge in [0.05, 0.1) is 11.4 Å². The predicted molar refractivity (Wildman–Crippen MR) is 247 cm³/mol. The topological polar surface area (TPSA) is 3.24 Å². The van der Waals surface area contributed by atoms with Crippen LogP contribution in [0.4, 0.5) is 17.1 Å². The molecule has 0 atom stereocenters. The summed E-state index contributed by atoms with van der Waals surface area (Å²) < 4.78 is 0. The van der Waals surface area contributed by atoms with Crippen LogP contribution in [-0.2, 0) is 18.3 Å². The smallest absolute Gasteiger partial charge is 0.0547 e. The average Bonchev–Trinajstić information content (AvgIpc) is 3.50. The lowest BCUT2D eigenvalue weighted by molar-refractivity contribution is 0.660. The molecular formula is C57H43N. The molecule has 0 N–H and O–H groups in total. The monoisotopic (exact) mass is 741 g/mol. The molecule has 1 heteroatoms. The van der Waals surface area contributed by atoms with Gasteiger partial charge in [-0.1, -0.05) is 159 Å². The second-order valence-electron chi connectivity index (χ2n) is 17.1. The fourth-order valence-corrected chi connectivity index (χ4v) is 10.8. The molecule has 0 saturated heterocycles. The Morgan fingerprint density at radius 3 is 1.88 bits per heavy atom. The molecule has 12 rings (SSSR count). The zero-order chi connectivity index (χ0) is 38.5. The Labute approximate surface area is 340 Å². The summed E-state index contributed by atoms with van der Waals surface area (Å²) in [5, 5.41) is 10.4.